The van der Waals surface area contributed by atoms with E-state index in [1.54, 1.807) is 26.6 Å². The predicted molar refractivity (Wildman–Crippen MR) is 54.2 cm³/mol. The molecule has 1 rings (SSSR count). The number of nitrogens with zero attached hydrogens (tertiary/aromatic N) is 1. The van der Waals surface area contributed by atoms with Crippen molar-refractivity contribution in [3.05, 3.63) is 24.0 Å². The van der Waals surface area contributed by atoms with Gasteiger partial charge in [-0.15, -0.1) is 0 Å². The largest absolute Gasteiger partial charge is 0.495 e. The third kappa shape index (κ3) is 2.97. The first-order chi connectivity index (χ1) is 6.77. The molecule has 0 aliphatic carbocycles. The van der Waals surface area contributed by atoms with Crippen LogP contribution in [-0.4, -0.2) is 25.8 Å². The summed E-state index contributed by atoms with van der Waals surface area (Å²) in [5.74, 6) is 0.732. The maximum absolute atomic E-state index is 5.93. The number of ether oxygens (including phenoxy) is 2. The SMILES string of the molecule is COCCC(N)c1cncc(OC)c1. The minimum absolute atomic E-state index is 0.0439. The van der Waals surface area contributed by atoms with E-state index in [4.69, 9.17) is 15.2 Å². The second-order valence-electron chi connectivity index (χ2n) is 3.05. The lowest BCUT2D eigenvalue weighted by molar-refractivity contribution is 0.188. The summed E-state index contributed by atoms with van der Waals surface area (Å²) in [4.78, 5) is 4.04. The molecule has 0 amide bonds. The van der Waals surface area contributed by atoms with Crippen LogP contribution in [0.3, 0.4) is 0 Å². The third-order valence-corrected chi connectivity index (χ3v) is 2.03. The molecule has 0 aliphatic heterocycles. The molecule has 1 unspecified atom stereocenters. The molecule has 0 radical (unpaired) electrons. The summed E-state index contributed by atoms with van der Waals surface area (Å²) < 4.78 is 10.0. The van der Waals surface area contributed by atoms with Gasteiger partial charge >= 0.3 is 0 Å². The Labute approximate surface area is 84.0 Å². The van der Waals surface area contributed by atoms with Crippen molar-refractivity contribution in [2.45, 2.75) is 12.5 Å². The van der Waals surface area contributed by atoms with Gasteiger partial charge in [0.1, 0.15) is 5.75 Å². The van der Waals surface area contributed by atoms with Crippen LogP contribution in [0.2, 0.25) is 0 Å². The summed E-state index contributed by atoms with van der Waals surface area (Å²) in [6.45, 7) is 0.651. The van der Waals surface area contributed by atoms with Crippen LogP contribution in [0.5, 0.6) is 5.75 Å². The molecule has 1 atom stereocenters. The van der Waals surface area contributed by atoms with Gasteiger partial charge < -0.3 is 15.2 Å². The van der Waals surface area contributed by atoms with Gasteiger partial charge in [-0.05, 0) is 18.1 Å². The van der Waals surface area contributed by atoms with Crippen molar-refractivity contribution in [3.63, 3.8) is 0 Å². The Bertz CT molecular complexity index is 279. The van der Waals surface area contributed by atoms with E-state index in [2.05, 4.69) is 4.98 Å². The molecule has 0 aliphatic rings. The van der Waals surface area contributed by atoms with Gasteiger partial charge in [0.25, 0.3) is 0 Å². The Balaban J connectivity index is 2.64. The smallest absolute Gasteiger partial charge is 0.137 e. The fourth-order valence-electron chi connectivity index (χ4n) is 1.16. The standard InChI is InChI=1S/C10H16N2O2/c1-13-4-3-10(11)8-5-9(14-2)7-12-6-8/h5-7,10H,3-4,11H2,1-2H3. The van der Waals surface area contributed by atoms with E-state index in [0.717, 1.165) is 17.7 Å². The first kappa shape index (κ1) is 10.9. The third-order valence-electron chi connectivity index (χ3n) is 2.03. The molecular weight excluding hydrogens is 180 g/mol. The van der Waals surface area contributed by atoms with Crippen molar-refractivity contribution in [3.8, 4) is 5.75 Å². The zero-order valence-corrected chi connectivity index (χ0v) is 8.56. The normalized spacial score (nSPS) is 12.5. The van der Waals surface area contributed by atoms with Gasteiger partial charge in [-0.25, -0.2) is 0 Å². The monoisotopic (exact) mass is 196 g/mol. The number of hydrogen-bond donors (Lipinski definition) is 1. The molecule has 78 valence electrons. The maximum atomic E-state index is 5.93. The van der Waals surface area contributed by atoms with Crippen LogP contribution in [0.1, 0.15) is 18.0 Å². The van der Waals surface area contributed by atoms with E-state index in [1.807, 2.05) is 6.07 Å². The first-order valence-corrected chi connectivity index (χ1v) is 4.51. The lowest BCUT2D eigenvalue weighted by Crippen LogP contribution is -2.12. The van der Waals surface area contributed by atoms with Gasteiger partial charge in [0.2, 0.25) is 0 Å². The van der Waals surface area contributed by atoms with Crippen LogP contribution in [0, 0.1) is 0 Å². The minimum atomic E-state index is -0.0439. The summed E-state index contributed by atoms with van der Waals surface area (Å²) in [6.07, 6.45) is 4.20. The highest BCUT2D eigenvalue weighted by molar-refractivity contribution is 5.25. The quantitative estimate of drug-likeness (QED) is 0.766. The van der Waals surface area contributed by atoms with Gasteiger partial charge in [-0.2, -0.15) is 0 Å². The van der Waals surface area contributed by atoms with E-state index in [-0.39, 0.29) is 6.04 Å². The second-order valence-corrected chi connectivity index (χ2v) is 3.05. The highest BCUT2D eigenvalue weighted by atomic mass is 16.5. The van der Waals surface area contributed by atoms with Crippen molar-refractivity contribution in [2.75, 3.05) is 20.8 Å². The zero-order chi connectivity index (χ0) is 10.4. The van der Waals surface area contributed by atoms with Crippen molar-refractivity contribution in [2.24, 2.45) is 5.73 Å². The number of aromatic nitrogens is 1. The van der Waals surface area contributed by atoms with Crippen LogP contribution >= 0.6 is 0 Å². The Morgan fingerprint density at radius 1 is 1.43 bits per heavy atom. The number of methoxy groups -OCH3 is 2. The number of hydrogen-bond acceptors (Lipinski definition) is 4. The van der Waals surface area contributed by atoms with Gasteiger partial charge in [0.15, 0.2) is 0 Å². The van der Waals surface area contributed by atoms with Crippen molar-refractivity contribution in [1.29, 1.82) is 0 Å². The van der Waals surface area contributed by atoms with Gasteiger partial charge in [0, 0.05) is 26.0 Å². The van der Waals surface area contributed by atoms with Crippen molar-refractivity contribution < 1.29 is 9.47 Å². The van der Waals surface area contributed by atoms with Crippen LogP contribution in [0.4, 0.5) is 0 Å². The predicted octanol–water partition coefficient (Wildman–Crippen LogP) is 1.13. The summed E-state index contributed by atoms with van der Waals surface area (Å²) >= 11 is 0. The lowest BCUT2D eigenvalue weighted by atomic mass is 10.1. The van der Waals surface area contributed by atoms with Gasteiger partial charge in [0.05, 0.1) is 13.3 Å². The van der Waals surface area contributed by atoms with E-state index in [9.17, 15) is 0 Å². The van der Waals surface area contributed by atoms with Crippen LogP contribution < -0.4 is 10.5 Å². The lowest BCUT2D eigenvalue weighted by Gasteiger charge is -2.11. The Morgan fingerprint density at radius 3 is 2.86 bits per heavy atom. The van der Waals surface area contributed by atoms with Crippen LogP contribution in [-0.2, 0) is 4.74 Å². The maximum Gasteiger partial charge on any atom is 0.137 e. The Morgan fingerprint density at radius 2 is 2.21 bits per heavy atom. The fraction of sp³-hybridized carbons (Fsp3) is 0.500. The van der Waals surface area contributed by atoms with Crippen molar-refractivity contribution >= 4 is 0 Å². The highest BCUT2D eigenvalue weighted by Crippen LogP contribution is 2.17. The van der Waals surface area contributed by atoms with Gasteiger partial charge in [-0.1, -0.05) is 0 Å². The molecule has 4 heteroatoms. The average molecular weight is 196 g/mol. The number of pyridine rings is 1. The number of rotatable bonds is 5. The van der Waals surface area contributed by atoms with Crippen molar-refractivity contribution in [1.82, 2.24) is 4.98 Å². The molecule has 1 aromatic rings. The number of nitrogens with two attached hydrogens (primary N) is 1. The van der Waals surface area contributed by atoms with E-state index < -0.39 is 0 Å². The molecule has 1 aromatic heterocycles. The molecule has 0 bridgehead atoms. The molecule has 0 saturated carbocycles. The second kappa shape index (κ2) is 5.57. The summed E-state index contributed by atoms with van der Waals surface area (Å²) in [5, 5.41) is 0. The summed E-state index contributed by atoms with van der Waals surface area (Å²) in [7, 11) is 3.28. The molecule has 14 heavy (non-hydrogen) atoms. The molecule has 0 fully saturated rings. The van der Waals surface area contributed by atoms with E-state index in [0.29, 0.717) is 6.61 Å². The minimum Gasteiger partial charge on any atom is -0.495 e. The van der Waals surface area contributed by atoms with Gasteiger partial charge in [-0.3, -0.25) is 4.98 Å². The average Bonchev–Trinajstić information content (AvgIpc) is 2.26. The molecule has 0 spiro atoms. The van der Waals surface area contributed by atoms with E-state index in [1.165, 1.54) is 0 Å². The Hall–Kier alpha value is -1.13. The highest BCUT2D eigenvalue weighted by Gasteiger charge is 2.06. The summed E-state index contributed by atoms with van der Waals surface area (Å²) in [6, 6.07) is 1.85. The molecule has 4 nitrogen and oxygen atoms in total. The Kier molecular flexibility index (Phi) is 4.35. The molecule has 0 aromatic carbocycles. The topological polar surface area (TPSA) is 57.4 Å². The first-order valence-electron chi connectivity index (χ1n) is 4.51. The zero-order valence-electron chi connectivity index (χ0n) is 8.56. The van der Waals surface area contributed by atoms with Crippen LogP contribution in [0.15, 0.2) is 18.5 Å². The molecular formula is C10H16N2O2. The summed E-state index contributed by atoms with van der Waals surface area (Å²) in [5.41, 5.74) is 6.90. The fourth-order valence-corrected chi connectivity index (χ4v) is 1.16. The van der Waals surface area contributed by atoms with E-state index >= 15 is 0 Å². The molecule has 2 N–H and O–H groups in total. The molecule has 0 saturated heterocycles. The molecule has 1 heterocycles. The van der Waals surface area contributed by atoms with Crippen LogP contribution in [0.25, 0.3) is 0 Å².